The Hall–Kier alpha value is -0.840. The Bertz CT molecular complexity index is 478. The van der Waals surface area contributed by atoms with Crippen molar-refractivity contribution in [2.24, 2.45) is 5.73 Å². The second-order valence-corrected chi connectivity index (χ2v) is 6.28. The largest absolute Gasteiger partial charge is 0.370 e. The Morgan fingerprint density at radius 2 is 1.94 bits per heavy atom. The third-order valence-corrected chi connectivity index (χ3v) is 4.21. The first-order valence-corrected chi connectivity index (χ1v) is 7.09. The van der Waals surface area contributed by atoms with Crippen LogP contribution in [0.3, 0.4) is 0 Å². The summed E-state index contributed by atoms with van der Waals surface area (Å²) in [7, 11) is 2.10. The van der Waals surface area contributed by atoms with Crippen LogP contribution in [0.5, 0.6) is 0 Å². The summed E-state index contributed by atoms with van der Waals surface area (Å²) in [5, 5.41) is 2.18. The normalized spacial score (nSPS) is 10.5. The minimum absolute atomic E-state index is 0.599. The van der Waals surface area contributed by atoms with E-state index in [0.29, 0.717) is 6.54 Å². The molecule has 17 heavy (non-hydrogen) atoms. The van der Waals surface area contributed by atoms with Crippen LogP contribution in [0, 0.1) is 0 Å². The number of hydrogen-bond acceptors (Lipinski definition) is 3. The average Bonchev–Trinajstić information content (AvgIpc) is 2.75. The summed E-state index contributed by atoms with van der Waals surface area (Å²) in [5.74, 6) is 0. The molecular formula is C13H15BrN2S. The number of benzene rings is 1. The van der Waals surface area contributed by atoms with Gasteiger partial charge in [-0.3, -0.25) is 0 Å². The van der Waals surface area contributed by atoms with Crippen molar-refractivity contribution in [3.05, 3.63) is 50.6 Å². The molecule has 0 spiro atoms. The van der Waals surface area contributed by atoms with Crippen LogP contribution in [0.1, 0.15) is 11.1 Å². The van der Waals surface area contributed by atoms with E-state index >= 15 is 0 Å². The average molecular weight is 311 g/mol. The summed E-state index contributed by atoms with van der Waals surface area (Å²) in [6.07, 6.45) is 0. The summed E-state index contributed by atoms with van der Waals surface area (Å²) in [6.45, 7) is 1.52. The molecule has 0 fully saturated rings. The lowest BCUT2D eigenvalue weighted by Crippen LogP contribution is -2.15. The highest BCUT2D eigenvalue weighted by atomic mass is 79.9. The number of nitrogens with zero attached hydrogens (tertiary/aromatic N) is 1. The number of nitrogens with two attached hydrogens (primary N) is 1. The van der Waals surface area contributed by atoms with Crippen molar-refractivity contribution in [1.82, 2.24) is 0 Å². The van der Waals surface area contributed by atoms with Gasteiger partial charge >= 0.3 is 0 Å². The van der Waals surface area contributed by atoms with Crippen LogP contribution >= 0.6 is 27.3 Å². The van der Waals surface area contributed by atoms with Crippen LogP contribution in [0.2, 0.25) is 0 Å². The summed E-state index contributed by atoms with van der Waals surface area (Å²) >= 11 is 5.20. The lowest BCUT2D eigenvalue weighted by Gasteiger charge is -2.18. The molecule has 2 aromatic rings. The predicted molar refractivity (Wildman–Crippen MR) is 78.5 cm³/mol. The van der Waals surface area contributed by atoms with E-state index in [4.69, 9.17) is 5.73 Å². The van der Waals surface area contributed by atoms with Gasteiger partial charge in [0.05, 0.1) is 3.79 Å². The van der Waals surface area contributed by atoms with Gasteiger partial charge in [0.2, 0.25) is 0 Å². The maximum atomic E-state index is 5.58. The molecule has 0 unspecified atom stereocenters. The molecule has 1 aromatic heterocycles. The molecule has 1 heterocycles. The van der Waals surface area contributed by atoms with Gasteiger partial charge in [0, 0.05) is 25.8 Å². The molecule has 0 saturated heterocycles. The highest BCUT2D eigenvalue weighted by Crippen LogP contribution is 2.23. The summed E-state index contributed by atoms with van der Waals surface area (Å²) in [5.41, 5.74) is 9.29. The molecule has 2 rings (SSSR count). The topological polar surface area (TPSA) is 29.3 Å². The van der Waals surface area contributed by atoms with Crippen LogP contribution in [0.4, 0.5) is 5.69 Å². The van der Waals surface area contributed by atoms with Gasteiger partial charge in [-0.25, -0.2) is 0 Å². The molecule has 0 aliphatic rings. The zero-order valence-corrected chi connectivity index (χ0v) is 12.1. The molecule has 2 N–H and O–H groups in total. The number of anilines is 1. The molecule has 4 heteroatoms. The van der Waals surface area contributed by atoms with Gasteiger partial charge in [-0.05, 0) is 50.6 Å². The maximum Gasteiger partial charge on any atom is 0.0701 e. The molecule has 90 valence electrons. The van der Waals surface area contributed by atoms with E-state index in [2.05, 4.69) is 63.6 Å². The smallest absolute Gasteiger partial charge is 0.0701 e. The molecule has 1 aromatic carbocycles. The molecule has 2 nitrogen and oxygen atoms in total. The van der Waals surface area contributed by atoms with Crippen LogP contribution < -0.4 is 10.6 Å². The molecule has 0 atom stereocenters. The molecule has 0 radical (unpaired) electrons. The minimum atomic E-state index is 0.599. The number of thiophene rings is 1. The van der Waals surface area contributed by atoms with Gasteiger partial charge in [-0.2, -0.15) is 0 Å². The van der Waals surface area contributed by atoms with E-state index in [-0.39, 0.29) is 0 Å². The van der Waals surface area contributed by atoms with E-state index in [1.807, 2.05) is 0 Å². The van der Waals surface area contributed by atoms with Gasteiger partial charge < -0.3 is 10.6 Å². The highest BCUT2D eigenvalue weighted by Gasteiger charge is 2.03. The van der Waals surface area contributed by atoms with Gasteiger partial charge in [0.1, 0.15) is 0 Å². The van der Waals surface area contributed by atoms with Gasteiger partial charge in [-0.15, -0.1) is 11.3 Å². The first kappa shape index (κ1) is 12.6. The van der Waals surface area contributed by atoms with Crippen molar-refractivity contribution in [2.45, 2.75) is 13.1 Å². The third kappa shape index (κ3) is 3.31. The van der Waals surface area contributed by atoms with Crippen LogP contribution in [0.25, 0.3) is 0 Å². The van der Waals surface area contributed by atoms with Gasteiger partial charge in [-0.1, -0.05) is 12.1 Å². The zero-order chi connectivity index (χ0) is 12.3. The SMILES string of the molecule is CN(Cc1csc(Br)c1)c1ccc(CN)cc1. The molecular weight excluding hydrogens is 296 g/mol. The van der Waals surface area contributed by atoms with Gasteiger partial charge in [0.25, 0.3) is 0 Å². The predicted octanol–water partition coefficient (Wildman–Crippen LogP) is 3.61. The summed E-state index contributed by atoms with van der Waals surface area (Å²) < 4.78 is 1.18. The number of hydrogen-bond donors (Lipinski definition) is 1. The van der Waals surface area contributed by atoms with E-state index in [9.17, 15) is 0 Å². The molecule has 0 saturated carbocycles. The quantitative estimate of drug-likeness (QED) is 0.935. The van der Waals surface area contributed by atoms with Crippen LogP contribution in [0.15, 0.2) is 39.5 Å². The fourth-order valence-electron chi connectivity index (χ4n) is 1.68. The van der Waals surface area contributed by atoms with E-state index in [1.54, 1.807) is 11.3 Å². The fraction of sp³-hybridized carbons (Fsp3) is 0.231. The number of rotatable bonds is 4. The second-order valence-electron chi connectivity index (χ2n) is 3.99. The van der Waals surface area contributed by atoms with Crippen molar-refractivity contribution in [1.29, 1.82) is 0 Å². The summed E-state index contributed by atoms with van der Waals surface area (Å²) in [4.78, 5) is 2.23. The lowest BCUT2D eigenvalue weighted by molar-refractivity contribution is 0.925. The Morgan fingerprint density at radius 1 is 1.24 bits per heavy atom. The molecule has 0 aliphatic heterocycles. The summed E-state index contributed by atoms with van der Waals surface area (Å²) in [6, 6.07) is 10.5. The lowest BCUT2D eigenvalue weighted by atomic mass is 10.2. The van der Waals surface area contributed by atoms with Crippen molar-refractivity contribution in [2.75, 3.05) is 11.9 Å². The second kappa shape index (κ2) is 5.67. The van der Waals surface area contributed by atoms with Crippen LogP contribution in [-0.2, 0) is 13.1 Å². The van der Waals surface area contributed by atoms with E-state index in [0.717, 1.165) is 6.54 Å². The molecule has 0 amide bonds. The third-order valence-electron chi connectivity index (χ3n) is 2.65. The van der Waals surface area contributed by atoms with E-state index in [1.165, 1.54) is 20.6 Å². The van der Waals surface area contributed by atoms with Crippen molar-refractivity contribution in [3.8, 4) is 0 Å². The Labute approximate surface area is 114 Å². The molecule has 0 bridgehead atoms. The Balaban J connectivity index is 2.06. The van der Waals surface area contributed by atoms with E-state index < -0.39 is 0 Å². The number of halogens is 1. The first-order valence-electron chi connectivity index (χ1n) is 5.42. The monoisotopic (exact) mass is 310 g/mol. The zero-order valence-electron chi connectivity index (χ0n) is 9.69. The van der Waals surface area contributed by atoms with Gasteiger partial charge in [0.15, 0.2) is 0 Å². The van der Waals surface area contributed by atoms with Crippen molar-refractivity contribution >= 4 is 33.0 Å². The van der Waals surface area contributed by atoms with Crippen molar-refractivity contribution in [3.63, 3.8) is 0 Å². The standard InChI is InChI=1S/C13H15BrN2S/c1-16(8-11-6-13(14)17-9-11)12-4-2-10(7-15)3-5-12/h2-6,9H,7-8,15H2,1H3. The minimum Gasteiger partial charge on any atom is -0.370 e. The Kier molecular flexibility index (Phi) is 4.20. The highest BCUT2D eigenvalue weighted by molar-refractivity contribution is 9.11. The molecule has 0 aliphatic carbocycles. The fourth-order valence-corrected chi connectivity index (χ4v) is 2.88. The van der Waals surface area contributed by atoms with Crippen molar-refractivity contribution < 1.29 is 0 Å². The first-order chi connectivity index (χ1) is 8.19. The van der Waals surface area contributed by atoms with Crippen LogP contribution in [-0.4, -0.2) is 7.05 Å². The maximum absolute atomic E-state index is 5.58. The Morgan fingerprint density at radius 3 is 2.47 bits per heavy atom.